The number of amides is 2. The molecule has 0 spiro atoms. The molecule has 0 atom stereocenters. The van der Waals surface area contributed by atoms with Crippen LogP contribution in [0.2, 0.25) is 0 Å². The van der Waals surface area contributed by atoms with Gasteiger partial charge in [-0.05, 0) is 59.2 Å². The fraction of sp³-hybridized carbons (Fsp3) is 0.185. The molecular weight excluding hydrogens is 551 g/mol. The minimum Gasteiger partial charge on any atom is -0.325 e. The van der Waals surface area contributed by atoms with E-state index in [9.17, 15) is 9.59 Å². The number of hydrogen-bond donors (Lipinski definition) is 2. The van der Waals surface area contributed by atoms with Crippen LogP contribution in [0, 0.1) is 13.8 Å². The van der Waals surface area contributed by atoms with Gasteiger partial charge in [0.25, 0.3) is 0 Å². The predicted molar refractivity (Wildman–Crippen MR) is 158 cm³/mol. The van der Waals surface area contributed by atoms with E-state index >= 15 is 0 Å². The van der Waals surface area contributed by atoms with Crippen molar-refractivity contribution in [2.45, 2.75) is 29.9 Å². The molecular formula is C27H25N7O2S3. The van der Waals surface area contributed by atoms with Crippen LogP contribution in [0.3, 0.4) is 0 Å². The average molecular weight is 576 g/mol. The fourth-order valence-electron chi connectivity index (χ4n) is 3.84. The molecule has 39 heavy (non-hydrogen) atoms. The van der Waals surface area contributed by atoms with E-state index < -0.39 is 0 Å². The van der Waals surface area contributed by atoms with Crippen LogP contribution in [0.25, 0.3) is 10.2 Å². The standard InChI is InChI=1S/C27H25N7O2S3/c1-17-7-6-8-18(2)25(17)30-24(36)16-38-27-29-21-12-11-20(13-22(21)39-27)28-23(35)15-37-26-31-32-33-34(26)14-19-9-4-3-5-10-19/h3-13H,14-16H2,1-2H3,(H,28,35)(H,30,36). The van der Waals surface area contributed by atoms with Crippen molar-refractivity contribution in [1.82, 2.24) is 25.2 Å². The highest BCUT2D eigenvalue weighted by atomic mass is 32.2. The van der Waals surface area contributed by atoms with Gasteiger partial charge in [-0.1, -0.05) is 72.1 Å². The first-order chi connectivity index (χ1) is 18.9. The van der Waals surface area contributed by atoms with Crippen LogP contribution in [-0.2, 0) is 16.1 Å². The molecule has 2 heterocycles. The van der Waals surface area contributed by atoms with Gasteiger partial charge in [0.1, 0.15) is 0 Å². The first-order valence-electron chi connectivity index (χ1n) is 12.1. The smallest absolute Gasteiger partial charge is 0.234 e. The molecule has 0 radical (unpaired) electrons. The summed E-state index contributed by atoms with van der Waals surface area (Å²) >= 11 is 4.17. The number of tetrazole rings is 1. The molecule has 0 bridgehead atoms. The minimum atomic E-state index is -0.157. The molecule has 5 rings (SSSR count). The second-order valence-electron chi connectivity index (χ2n) is 8.71. The first-order valence-corrected chi connectivity index (χ1v) is 14.9. The lowest BCUT2D eigenvalue weighted by Gasteiger charge is -2.10. The Labute approximate surface area is 237 Å². The molecule has 0 aliphatic carbocycles. The number of thiazole rings is 1. The summed E-state index contributed by atoms with van der Waals surface area (Å²) in [6.07, 6.45) is 0. The normalized spacial score (nSPS) is 11.0. The Morgan fingerprint density at radius 3 is 2.44 bits per heavy atom. The Bertz CT molecular complexity index is 1600. The zero-order valence-corrected chi connectivity index (χ0v) is 23.7. The van der Waals surface area contributed by atoms with Crippen LogP contribution in [0.15, 0.2) is 76.2 Å². The summed E-state index contributed by atoms with van der Waals surface area (Å²) in [6, 6.07) is 21.4. The maximum absolute atomic E-state index is 12.6. The van der Waals surface area contributed by atoms with Gasteiger partial charge in [0, 0.05) is 11.4 Å². The third-order valence-electron chi connectivity index (χ3n) is 5.73. The van der Waals surface area contributed by atoms with Gasteiger partial charge in [0.05, 0.1) is 28.3 Å². The minimum absolute atomic E-state index is 0.0723. The second-order valence-corrected chi connectivity index (χ2v) is 11.9. The molecule has 2 N–H and O–H groups in total. The molecule has 9 nitrogen and oxygen atoms in total. The SMILES string of the molecule is Cc1cccc(C)c1NC(=O)CSc1nc2ccc(NC(=O)CSc3nnnn3Cc3ccccc3)cc2s1. The van der Waals surface area contributed by atoms with Gasteiger partial charge in [-0.2, -0.15) is 0 Å². The number of hydrogen-bond acceptors (Lipinski definition) is 9. The van der Waals surface area contributed by atoms with Crippen molar-refractivity contribution in [3.63, 3.8) is 0 Å². The third-order valence-corrected chi connectivity index (χ3v) is 8.85. The molecule has 3 aromatic carbocycles. The van der Waals surface area contributed by atoms with E-state index in [-0.39, 0.29) is 23.3 Å². The number of carbonyl (C=O) groups is 2. The van der Waals surface area contributed by atoms with Gasteiger partial charge in [-0.3, -0.25) is 9.59 Å². The van der Waals surface area contributed by atoms with Crippen molar-refractivity contribution >= 4 is 68.3 Å². The van der Waals surface area contributed by atoms with E-state index in [2.05, 4.69) is 31.1 Å². The van der Waals surface area contributed by atoms with Gasteiger partial charge >= 0.3 is 0 Å². The number of benzene rings is 3. The van der Waals surface area contributed by atoms with E-state index in [0.717, 1.165) is 36.9 Å². The van der Waals surface area contributed by atoms with Crippen molar-refractivity contribution < 1.29 is 9.59 Å². The van der Waals surface area contributed by atoms with E-state index in [1.165, 1.54) is 34.9 Å². The Morgan fingerprint density at radius 1 is 0.897 bits per heavy atom. The lowest BCUT2D eigenvalue weighted by atomic mass is 10.1. The van der Waals surface area contributed by atoms with E-state index in [1.807, 2.05) is 80.6 Å². The van der Waals surface area contributed by atoms with Crippen LogP contribution < -0.4 is 10.6 Å². The van der Waals surface area contributed by atoms with Crippen LogP contribution >= 0.6 is 34.9 Å². The van der Waals surface area contributed by atoms with E-state index in [0.29, 0.717) is 17.4 Å². The number of thioether (sulfide) groups is 2. The Kier molecular flexibility index (Phi) is 8.54. The Balaban J connectivity index is 1.14. The zero-order valence-electron chi connectivity index (χ0n) is 21.2. The summed E-state index contributed by atoms with van der Waals surface area (Å²) in [5.41, 5.74) is 5.52. The van der Waals surface area contributed by atoms with Gasteiger partial charge in [0.2, 0.25) is 17.0 Å². The molecule has 2 amide bonds. The third kappa shape index (κ3) is 7.02. The second kappa shape index (κ2) is 12.4. The number of nitrogens with zero attached hydrogens (tertiary/aromatic N) is 5. The number of nitrogens with one attached hydrogen (secondary N) is 2. The topological polar surface area (TPSA) is 115 Å². The van der Waals surface area contributed by atoms with Crippen LogP contribution in [-0.4, -0.2) is 48.5 Å². The molecule has 0 unspecified atom stereocenters. The molecule has 0 fully saturated rings. The lowest BCUT2D eigenvalue weighted by Crippen LogP contribution is -2.15. The molecule has 12 heteroatoms. The van der Waals surface area contributed by atoms with Crippen molar-refractivity contribution in [2.24, 2.45) is 0 Å². The van der Waals surface area contributed by atoms with E-state index in [1.54, 1.807) is 4.68 Å². The summed E-state index contributed by atoms with van der Waals surface area (Å²) in [6.45, 7) is 4.49. The first kappa shape index (κ1) is 26.9. The highest BCUT2D eigenvalue weighted by Gasteiger charge is 2.13. The van der Waals surface area contributed by atoms with Crippen LogP contribution in [0.5, 0.6) is 0 Å². The van der Waals surface area contributed by atoms with Crippen molar-refractivity contribution in [2.75, 3.05) is 22.1 Å². The highest BCUT2D eigenvalue weighted by molar-refractivity contribution is 8.01. The summed E-state index contributed by atoms with van der Waals surface area (Å²) in [7, 11) is 0. The molecule has 2 aromatic heterocycles. The van der Waals surface area contributed by atoms with E-state index in [4.69, 9.17) is 0 Å². The number of aryl methyl sites for hydroxylation is 2. The van der Waals surface area contributed by atoms with Gasteiger partial charge in [-0.15, -0.1) is 16.4 Å². The van der Waals surface area contributed by atoms with Crippen LogP contribution in [0.4, 0.5) is 11.4 Å². The van der Waals surface area contributed by atoms with Crippen molar-refractivity contribution in [3.05, 3.63) is 83.4 Å². The molecule has 198 valence electrons. The molecule has 0 saturated carbocycles. The average Bonchev–Trinajstić information content (AvgIpc) is 3.55. The fourth-order valence-corrected chi connectivity index (χ4v) is 6.42. The summed E-state index contributed by atoms with van der Waals surface area (Å²) in [5.74, 6) is 0.206. The van der Waals surface area contributed by atoms with Crippen LogP contribution in [0.1, 0.15) is 16.7 Å². The molecule has 0 aliphatic heterocycles. The van der Waals surface area contributed by atoms with Gasteiger partial charge in [-0.25, -0.2) is 9.67 Å². The zero-order chi connectivity index (χ0) is 27.2. The number of carbonyl (C=O) groups excluding carboxylic acids is 2. The predicted octanol–water partition coefficient (Wildman–Crippen LogP) is 5.41. The summed E-state index contributed by atoms with van der Waals surface area (Å²) in [5, 5.41) is 18.3. The summed E-state index contributed by atoms with van der Waals surface area (Å²) in [4.78, 5) is 29.8. The summed E-state index contributed by atoms with van der Waals surface area (Å²) < 4.78 is 3.41. The highest BCUT2D eigenvalue weighted by Crippen LogP contribution is 2.31. The molecule has 0 saturated heterocycles. The maximum Gasteiger partial charge on any atom is 0.234 e. The van der Waals surface area contributed by atoms with Gasteiger partial charge < -0.3 is 10.6 Å². The van der Waals surface area contributed by atoms with Crippen molar-refractivity contribution in [3.8, 4) is 0 Å². The number of anilines is 2. The lowest BCUT2D eigenvalue weighted by molar-refractivity contribution is -0.114. The molecule has 0 aliphatic rings. The Hall–Kier alpha value is -3.74. The largest absolute Gasteiger partial charge is 0.325 e. The van der Waals surface area contributed by atoms with Crippen molar-refractivity contribution in [1.29, 1.82) is 0 Å². The number of fused-ring (bicyclic) bond motifs is 1. The maximum atomic E-state index is 12.6. The number of aromatic nitrogens is 5. The quantitative estimate of drug-likeness (QED) is 0.213. The Morgan fingerprint density at radius 2 is 1.64 bits per heavy atom. The van der Waals surface area contributed by atoms with Gasteiger partial charge in [0.15, 0.2) is 4.34 Å². The monoisotopic (exact) mass is 575 g/mol. The number of para-hydroxylation sites is 1. The number of rotatable bonds is 10. The molecule has 5 aromatic rings.